The van der Waals surface area contributed by atoms with E-state index in [4.69, 9.17) is 0 Å². The van der Waals surface area contributed by atoms with E-state index in [1.54, 1.807) is 42.0 Å². The molecule has 3 aromatic rings. The van der Waals surface area contributed by atoms with Gasteiger partial charge in [-0.15, -0.1) is 0 Å². The van der Waals surface area contributed by atoms with Crippen LogP contribution in [0, 0.1) is 18.7 Å². The van der Waals surface area contributed by atoms with Crippen LogP contribution in [0.2, 0.25) is 0 Å². The SMILES string of the molecule is Cc1cnn(C)c1-c1nc(N2CCC(C(=O)N(O)Cc3cnn(C)c3)CC2)ncc1F. The van der Waals surface area contributed by atoms with Crippen molar-refractivity contribution in [2.24, 2.45) is 20.0 Å². The predicted molar refractivity (Wildman–Crippen MR) is 109 cm³/mol. The van der Waals surface area contributed by atoms with Crippen molar-refractivity contribution in [3.05, 3.63) is 41.7 Å². The smallest absolute Gasteiger partial charge is 0.249 e. The number of hydrogen-bond acceptors (Lipinski definition) is 7. The highest BCUT2D eigenvalue weighted by Crippen LogP contribution is 2.27. The molecule has 1 fully saturated rings. The summed E-state index contributed by atoms with van der Waals surface area (Å²) in [6.45, 7) is 3.02. The standard InChI is InChI=1S/C20H25FN8O2/c1-13-8-24-27(3)18(13)17-16(21)10-22-20(25-17)28-6-4-15(5-7-28)19(30)29(31)12-14-9-23-26(2)11-14/h8-11,15,31H,4-7,12H2,1-3H3. The van der Waals surface area contributed by atoms with Gasteiger partial charge in [-0.05, 0) is 25.3 Å². The van der Waals surface area contributed by atoms with Gasteiger partial charge in [-0.1, -0.05) is 0 Å². The van der Waals surface area contributed by atoms with Crippen molar-refractivity contribution in [3.8, 4) is 11.4 Å². The average molecular weight is 428 g/mol. The predicted octanol–water partition coefficient (Wildman–Crippen LogP) is 1.69. The zero-order valence-corrected chi connectivity index (χ0v) is 17.7. The Morgan fingerprint density at radius 3 is 2.58 bits per heavy atom. The van der Waals surface area contributed by atoms with Crippen LogP contribution in [0.5, 0.6) is 0 Å². The van der Waals surface area contributed by atoms with Crippen LogP contribution in [-0.4, -0.2) is 58.8 Å². The molecule has 31 heavy (non-hydrogen) atoms. The van der Waals surface area contributed by atoms with Crippen LogP contribution in [0.4, 0.5) is 10.3 Å². The molecule has 0 aliphatic carbocycles. The quantitative estimate of drug-likeness (QED) is 0.487. The van der Waals surface area contributed by atoms with Crippen molar-refractivity contribution in [3.63, 3.8) is 0 Å². The molecule has 3 aromatic heterocycles. The first-order valence-electron chi connectivity index (χ1n) is 10.1. The number of hydrogen-bond donors (Lipinski definition) is 1. The van der Waals surface area contributed by atoms with Crippen molar-refractivity contribution in [1.29, 1.82) is 0 Å². The van der Waals surface area contributed by atoms with E-state index in [0.717, 1.165) is 16.2 Å². The van der Waals surface area contributed by atoms with Gasteiger partial charge in [0.1, 0.15) is 5.69 Å². The molecule has 0 radical (unpaired) electrons. The molecule has 164 valence electrons. The van der Waals surface area contributed by atoms with Gasteiger partial charge in [0.15, 0.2) is 5.82 Å². The first-order chi connectivity index (χ1) is 14.8. The highest BCUT2D eigenvalue weighted by atomic mass is 19.1. The Morgan fingerprint density at radius 1 is 1.23 bits per heavy atom. The van der Waals surface area contributed by atoms with Gasteiger partial charge >= 0.3 is 0 Å². The molecule has 0 unspecified atom stereocenters. The molecule has 0 saturated carbocycles. The Bertz CT molecular complexity index is 1070. The average Bonchev–Trinajstić information content (AvgIpc) is 3.32. The third kappa shape index (κ3) is 4.26. The van der Waals surface area contributed by atoms with Crippen LogP contribution < -0.4 is 4.90 Å². The lowest BCUT2D eigenvalue weighted by molar-refractivity contribution is -0.173. The minimum atomic E-state index is -0.508. The summed E-state index contributed by atoms with van der Waals surface area (Å²) in [5, 5.41) is 19.2. The van der Waals surface area contributed by atoms with Crippen LogP contribution >= 0.6 is 0 Å². The zero-order chi connectivity index (χ0) is 22.1. The third-order valence-electron chi connectivity index (χ3n) is 5.55. The molecule has 10 nitrogen and oxygen atoms in total. The van der Waals surface area contributed by atoms with Gasteiger partial charge in [0, 0.05) is 44.9 Å². The Kier molecular flexibility index (Phi) is 5.68. The molecule has 0 aromatic carbocycles. The van der Waals surface area contributed by atoms with Gasteiger partial charge in [-0.25, -0.2) is 19.4 Å². The fourth-order valence-electron chi connectivity index (χ4n) is 3.91. The second kappa shape index (κ2) is 8.42. The van der Waals surface area contributed by atoms with E-state index in [1.165, 1.54) is 6.20 Å². The number of halogens is 1. The van der Waals surface area contributed by atoms with Crippen molar-refractivity contribution in [2.75, 3.05) is 18.0 Å². The number of amides is 1. The van der Waals surface area contributed by atoms with Crippen molar-refractivity contribution >= 4 is 11.9 Å². The lowest BCUT2D eigenvalue weighted by Crippen LogP contribution is -2.41. The summed E-state index contributed by atoms with van der Waals surface area (Å²) in [7, 11) is 3.52. The Hall–Kier alpha value is -3.34. The molecule has 0 atom stereocenters. The molecule has 4 rings (SSSR count). The second-order valence-electron chi connectivity index (χ2n) is 7.85. The van der Waals surface area contributed by atoms with Gasteiger partial charge in [0.25, 0.3) is 0 Å². The van der Waals surface area contributed by atoms with Crippen molar-refractivity contribution < 1.29 is 14.4 Å². The number of carbonyl (C=O) groups is 1. The minimum absolute atomic E-state index is 0.0986. The molecular formula is C20H25FN8O2. The summed E-state index contributed by atoms with van der Waals surface area (Å²) in [5.74, 6) is -0.696. The Labute approximate surface area is 178 Å². The molecular weight excluding hydrogens is 403 g/mol. The Morgan fingerprint density at radius 2 is 1.97 bits per heavy atom. The third-order valence-corrected chi connectivity index (χ3v) is 5.55. The summed E-state index contributed by atoms with van der Waals surface area (Å²) >= 11 is 0. The van der Waals surface area contributed by atoms with E-state index in [9.17, 15) is 14.4 Å². The van der Waals surface area contributed by atoms with Crippen LogP contribution in [-0.2, 0) is 25.4 Å². The van der Waals surface area contributed by atoms with Crippen LogP contribution in [0.1, 0.15) is 24.0 Å². The largest absolute Gasteiger partial charge is 0.341 e. The number of aryl methyl sites for hydroxylation is 3. The van der Waals surface area contributed by atoms with Gasteiger partial charge in [-0.2, -0.15) is 10.2 Å². The highest BCUT2D eigenvalue weighted by Gasteiger charge is 2.30. The lowest BCUT2D eigenvalue weighted by atomic mass is 9.96. The summed E-state index contributed by atoms with van der Waals surface area (Å²) in [6, 6.07) is 0. The summed E-state index contributed by atoms with van der Waals surface area (Å²) < 4.78 is 17.6. The maximum atomic E-state index is 14.4. The summed E-state index contributed by atoms with van der Waals surface area (Å²) in [5.41, 5.74) is 2.40. The fraction of sp³-hybridized carbons (Fsp3) is 0.450. The fourth-order valence-corrected chi connectivity index (χ4v) is 3.91. The maximum absolute atomic E-state index is 14.4. The molecule has 1 aliphatic rings. The van der Waals surface area contributed by atoms with E-state index in [1.807, 2.05) is 11.8 Å². The molecule has 1 aliphatic heterocycles. The van der Waals surface area contributed by atoms with E-state index >= 15 is 0 Å². The number of aromatic nitrogens is 6. The number of anilines is 1. The molecule has 0 spiro atoms. The molecule has 0 bridgehead atoms. The van der Waals surface area contributed by atoms with E-state index in [-0.39, 0.29) is 24.1 Å². The maximum Gasteiger partial charge on any atom is 0.249 e. The summed E-state index contributed by atoms with van der Waals surface area (Å²) in [6.07, 6.45) is 7.30. The van der Waals surface area contributed by atoms with Gasteiger partial charge < -0.3 is 4.90 Å². The summed E-state index contributed by atoms with van der Waals surface area (Å²) in [4.78, 5) is 23.2. The second-order valence-corrected chi connectivity index (χ2v) is 7.85. The first kappa shape index (κ1) is 20.9. The van der Waals surface area contributed by atoms with E-state index < -0.39 is 5.82 Å². The number of nitrogens with zero attached hydrogens (tertiary/aromatic N) is 8. The van der Waals surface area contributed by atoms with Gasteiger partial charge in [-0.3, -0.25) is 19.4 Å². The lowest BCUT2D eigenvalue weighted by Gasteiger charge is -2.32. The molecule has 4 heterocycles. The number of carbonyl (C=O) groups excluding carboxylic acids is 1. The highest BCUT2D eigenvalue weighted by molar-refractivity contribution is 5.78. The van der Waals surface area contributed by atoms with Gasteiger partial charge in [0.05, 0.1) is 30.8 Å². The number of hydroxylamine groups is 2. The van der Waals surface area contributed by atoms with Crippen molar-refractivity contribution in [2.45, 2.75) is 26.3 Å². The topological polar surface area (TPSA) is 105 Å². The first-order valence-corrected chi connectivity index (χ1v) is 10.1. The van der Waals surface area contributed by atoms with Crippen molar-refractivity contribution in [1.82, 2.24) is 34.6 Å². The molecule has 11 heteroatoms. The number of rotatable bonds is 5. The van der Waals surface area contributed by atoms with E-state index in [0.29, 0.717) is 37.6 Å². The number of piperidine rings is 1. The Balaban J connectivity index is 1.42. The van der Waals surface area contributed by atoms with Crippen LogP contribution in [0.3, 0.4) is 0 Å². The minimum Gasteiger partial charge on any atom is -0.341 e. The zero-order valence-electron chi connectivity index (χ0n) is 17.7. The molecule has 1 N–H and O–H groups in total. The molecule has 1 saturated heterocycles. The normalized spacial score (nSPS) is 14.8. The van der Waals surface area contributed by atoms with Crippen LogP contribution in [0.15, 0.2) is 24.8 Å². The molecule has 1 amide bonds. The monoisotopic (exact) mass is 428 g/mol. The van der Waals surface area contributed by atoms with Crippen LogP contribution in [0.25, 0.3) is 11.4 Å². The van der Waals surface area contributed by atoms with Gasteiger partial charge in [0.2, 0.25) is 11.9 Å². The van der Waals surface area contributed by atoms with E-state index in [2.05, 4.69) is 20.2 Å².